The van der Waals surface area contributed by atoms with Crippen LogP contribution < -0.4 is 4.90 Å². The minimum atomic E-state index is 0.600. The quantitative estimate of drug-likeness (QED) is 0.188. The van der Waals surface area contributed by atoms with Gasteiger partial charge in [-0.3, -0.25) is 0 Å². The van der Waals surface area contributed by atoms with Gasteiger partial charge in [0.2, 0.25) is 5.89 Å². The van der Waals surface area contributed by atoms with Crippen LogP contribution in [-0.2, 0) is 0 Å². The molecular weight excluding hydrogens is 641 g/mol. The normalized spacial score (nSPS) is 12.1. The Morgan fingerprint density at radius 1 is 0.449 bits per heavy atom. The van der Waals surface area contributed by atoms with Crippen LogP contribution in [0, 0.1) is 0 Å². The second kappa shape index (κ2) is 10.3. The molecule has 0 aliphatic rings. The molecule has 0 atom stereocenters. The molecule has 4 nitrogen and oxygen atoms in total. The maximum atomic E-state index is 6.55. The summed E-state index contributed by atoms with van der Waals surface area (Å²) in [5.41, 5.74) is 7.27. The fourth-order valence-electron chi connectivity index (χ4n) is 7.25. The Kier molecular flexibility index (Phi) is 5.67. The van der Waals surface area contributed by atoms with Crippen molar-refractivity contribution in [3.8, 4) is 11.5 Å². The van der Waals surface area contributed by atoms with Gasteiger partial charge in [0.1, 0.15) is 16.7 Å². The van der Waals surface area contributed by atoms with E-state index in [1.54, 1.807) is 0 Å². The lowest BCUT2D eigenvalue weighted by atomic mass is 10.1. The Hall–Kier alpha value is -5.95. The van der Waals surface area contributed by atoms with Gasteiger partial charge in [-0.15, -0.1) is 22.7 Å². The summed E-state index contributed by atoms with van der Waals surface area (Å²) in [5, 5.41) is 7.16. The topological polar surface area (TPSA) is 42.4 Å². The van der Waals surface area contributed by atoms with E-state index in [0.717, 1.165) is 55.7 Å². The van der Waals surface area contributed by atoms with Crippen LogP contribution in [0.3, 0.4) is 0 Å². The molecule has 49 heavy (non-hydrogen) atoms. The summed E-state index contributed by atoms with van der Waals surface area (Å²) in [4.78, 5) is 7.19. The standard InChI is InChI=1S/C43H24N2O2S2/c1-2-9-25(10-3-1)43-44-33-24-36-32(23-37(33)47-43)42-34(13-8-14-35(42)46-36)45(26-17-19-30-28-11-4-6-15-38(28)48-40(30)21-26)27-18-20-31-29-12-5-7-16-39(29)49-41(31)22-27/h1-24H. The number of nitrogens with zero attached hydrogens (tertiary/aromatic N) is 2. The predicted octanol–water partition coefficient (Wildman–Crippen LogP) is 13.6. The molecule has 7 aromatic carbocycles. The molecule has 4 aromatic heterocycles. The molecule has 0 amide bonds. The smallest absolute Gasteiger partial charge is 0.227 e. The number of benzene rings is 7. The van der Waals surface area contributed by atoms with Gasteiger partial charge in [-0.2, -0.15) is 0 Å². The summed E-state index contributed by atoms with van der Waals surface area (Å²) in [5.74, 6) is 0.600. The fourth-order valence-corrected chi connectivity index (χ4v) is 9.53. The largest absolute Gasteiger partial charge is 0.456 e. The van der Waals surface area contributed by atoms with Gasteiger partial charge in [-0.1, -0.05) is 72.8 Å². The Balaban J connectivity index is 1.17. The molecule has 11 rings (SSSR count). The number of fused-ring (bicyclic) bond motifs is 10. The van der Waals surface area contributed by atoms with Gasteiger partial charge in [0.15, 0.2) is 5.58 Å². The molecule has 4 heterocycles. The summed E-state index contributed by atoms with van der Waals surface area (Å²) in [6, 6.07) is 51.4. The number of aromatic nitrogens is 1. The molecule has 0 bridgehead atoms. The molecule has 0 radical (unpaired) electrons. The minimum Gasteiger partial charge on any atom is -0.456 e. The van der Waals surface area contributed by atoms with E-state index in [9.17, 15) is 0 Å². The first-order chi connectivity index (χ1) is 24.2. The SMILES string of the molecule is c1ccc(-c2nc3cc4oc5cccc(N(c6ccc7c(c6)sc6ccccc67)c6ccc7c(c6)sc6ccccc67)c5c4cc3o2)cc1. The van der Waals surface area contributed by atoms with Gasteiger partial charge >= 0.3 is 0 Å². The van der Waals surface area contributed by atoms with Gasteiger partial charge in [-0.05, 0) is 66.7 Å². The monoisotopic (exact) mass is 664 g/mol. The third kappa shape index (κ3) is 4.11. The van der Waals surface area contributed by atoms with Crippen molar-refractivity contribution >= 4 is 113 Å². The summed E-state index contributed by atoms with van der Waals surface area (Å²) in [7, 11) is 0. The van der Waals surface area contributed by atoms with E-state index in [1.807, 2.05) is 65.1 Å². The number of furan rings is 1. The molecule has 0 aliphatic carbocycles. The van der Waals surface area contributed by atoms with E-state index in [0.29, 0.717) is 5.89 Å². The third-order valence-corrected chi connectivity index (χ3v) is 11.8. The van der Waals surface area contributed by atoms with Crippen LogP contribution in [-0.4, -0.2) is 4.98 Å². The molecular formula is C43H24N2O2S2. The third-order valence-electron chi connectivity index (χ3n) is 9.49. The number of hydrogen-bond donors (Lipinski definition) is 0. The maximum Gasteiger partial charge on any atom is 0.227 e. The van der Waals surface area contributed by atoms with Crippen molar-refractivity contribution in [1.82, 2.24) is 4.98 Å². The van der Waals surface area contributed by atoms with Crippen molar-refractivity contribution < 1.29 is 8.83 Å². The van der Waals surface area contributed by atoms with Gasteiger partial charge in [0.25, 0.3) is 0 Å². The average molecular weight is 665 g/mol. The van der Waals surface area contributed by atoms with Crippen molar-refractivity contribution in [3.05, 3.63) is 146 Å². The highest BCUT2D eigenvalue weighted by molar-refractivity contribution is 7.26. The Labute approximate surface area is 287 Å². The fraction of sp³-hybridized carbons (Fsp3) is 0. The molecule has 11 aromatic rings. The van der Waals surface area contributed by atoms with Gasteiger partial charge in [0.05, 0.1) is 11.1 Å². The number of thiophene rings is 2. The Morgan fingerprint density at radius 3 is 1.78 bits per heavy atom. The van der Waals surface area contributed by atoms with Crippen LogP contribution in [0.2, 0.25) is 0 Å². The summed E-state index contributed by atoms with van der Waals surface area (Å²) < 4.78 is 18.0. The highest BCUT2D eigenvalue weighted by Gasteiger charge is 2.22. The van der Waals surface area contributed by atoms with Crippen molar-refractivity contribution in [1.29, 1.82) is 0 Å². The molecule has 0 saturated carbocycles. The lowest BCUT2D eigenvalue weighted by Crippen LogP contribution is -2.10. The maximum absolute atomic E-state index is 6.55. The second-order valence-electron chi connectivity index (χ2n) is 12.3. The Morgan fingerprint density at radius 2 is 1.08 bits per heavy atom. The van der Waals surface area contributed by atoms with Crippen molar-refractivity contribution in [2.24, 2.45) is 0 Å². The zero-order valence-corrected chi connectivity index (χ0v) is 27.5. The van der Waals surface area contributed by atoms with Crippen LogP contribution in [0.15, 0.2) is 154 Å². The van der Waals surface area contributed by atoms with Crippen LogP contribution in [0.1, 0.15) is 0 Å². The van der Waals surface area contributed by atoms with Gasteiger partial charge in [-0.25, -0.2) is 4.98 Å². The summed E-state index contributed by atoms with van der Waals surface area (Å²) in [6.07, 6.45) is 0. The zero-order valence-electron chi connectivity index (χ0n) is 25.9. The number of anilines is 3. The summed E-state index contributed by atoms with van der Waals surface area (Å²) >= 11 is 3.67. The first-order valence-electron chi connectivity index (χ1n) is 16.2. The van der Waals surface area contributed by atoms with Gasteiger partial charge < -0.3 is 13.7 Å². The Bertz CT molecular complexity index is 2960. The van der Waals surface area contributed by atoms with Crippen LogP contribution >= 0.6 is 22.7 Å². The van der Waals surface area contributed by atoms with Crippen LogP contribution in [0.25, 0.3) is 84.8 Å². The molecule has 0 spiro atoms. The molecule has 0 aliphatic heterocycles. The summed E-state index contributed by atoms with van der Waals surface area (Å²) in [6.45, 7) is 0. The van der Waals surface area contributed by atoms with E-state index in [2.05, 4.69) is 108 Å². The second-order valence-corrected chi connectivity index (χ2v) is 14.5. The molecule has 6 heteroatoms. The van der Waals surface area contributed by atoms with E-state index >= 15 is 0 Å². The molecule has 0 N–H and O–H groups in total. The molecule has 0 saturated heterocycles. The van der Waals surface area contributed by atoms with Crippen molar-refractivity contribution in [2.45, 2.75) is 0 Å². The van der Waals surface area contributed by atoms with E-state index < -0.39 is 0 Å². The highest BCUT2D eigenvalue weighted by atomic mass is 32.1. The average Bonchev–Trinajstić information content (AvgIpc) is 3.91. The van der Waals surface area contributed by atoms with E-state index in [4.69, 9.17) is 13.8 Å². The number of oxazole rings is 1. The van der Waals surface area contributed by atoms with Crippen molar-refractivity contribution in [3.63, 3.8) is 0 Å². The first-order valence-corrected chi connectivity index (χ1v) is 17.8. The predicted molar refractivity (Wildman–Crippen MR) is 207 cm³/mol. The molecule has 0 unspecified atom stereocenters. The highest BCUT2D eigenvalue weighted by Crippen LogP contribution is 2.47. The van der Waals surface area contributed by atoms with E-state index in [-0.39, 0.29) is 0 Å². The first kappa shape index (κ1) is 27.0. The zero-order chi connectivity index (χ0) is 32.1. The number of hydrogen-bond acceptors (Lipinski definition) is 6. The molecule has 0 fully saturated rings. The van der Waals surface area contributed by atoms with Gasteiger partial charge in [0, 0.05) is 68.7 Å². The van der Waals surface area contributed by atoms with Crippen molar-refractivity contribution in [2.75, 3.05) is 4.90 Å². The minimum absolute atomic E-state index is 0.600. The van der Waals surface area contributed by atoms with Crippen LogP contribution in [0.5, 0.6) is 0 Å². The molecule has 230 valence electrons. The number of rotatable bonds is 4. The lowest BCUT2D eigenvalue weighted by Gasteiger charge is -2.26. The van der Waals surface area contributed by atoms with Crippen LogP contribution in [0.4, 0.5) is 17.1 Å². The van der Waals surface area contributed by atoms with E-state index in [1.165, 1.54) is 40.3 Å². The lowest BCUT2D eigenvalue weighted by molar-refractivity contribution is 0.620.